The number of aliphatic hydroxyl groups is 1. The van der Waals surface area contributed by atoms with Crippen molar-refractivity contribution in [2.45, 2.75) is 6.10 Å². The largest absolute Gasteiger partial charge is 0.496 e. The number of aliphatic hydroxyl groups excluding tert-OH is 1. The van der Waals surface area contributed by atoms with Crippen molar-refractivity contribution in [1.29, 1.82) is 0 Å². The topological polar surface area (TPSA) is 29.5 Å². The number of hydrogen-bond acceptors (Lipinski definition) is 3. The molecule has 1 N–H and O–H groups in total. The number of ether oxygens (including phenoxy) is 1. The Hall–Kier alpha value is -1.39. The smallest absolute Gasteiger partial charge is 0.129 e. The predicted molar refractivity (Wildman–Crippen MR) is 61.3 cm³/mol. The van der Waals surface area contributed by atoms with E-state index in [9.17, 15) is 9.50 Å². The van der Waals surface area contributed by atoms with E-state index in [2.05, 4.69) is 0 Å². The highest BCUT2D eigenvalue weighted by Gasteiger charge is 2.13. The molecule has 0 saturated carbocycles. The van der Waals surface area contributed by atoms with Gasteiger partial charge in [0.2, 0.25) is 0 Å². The summed E-state index contributed by atoms with van der Waals surface area (Å²) in [5, 5.41) is 11.8. The molecule has 0 saturated heterocycles. The van der Waals surface area contributed by atoms with Gasteiger partial charge in [0.1, 0.15) is 17.7 Å². The Morgan fingerprint density at radius 1 is 1.31 bits per heavy atom. The zero-order valence-corrected chi connectivity index (χ0v) is 9.50. The highest BCUT2D eigenvalue weighted by atomic mass is 32.1. The normalized spacial score (nSPS) is 12.4. The van der Waals surface area contributed by atoms with Gasteiger partial charge in [-0.25, -0.2) is 4.39 Å². The molecule has 1 heterocycles. The summed E-state index contributed by atoms with van der Waals surface area (Å²) in [5.74, 6) is 0.417. The predicted octanol–water partition coefficient (Wildman–Crippen LogP) is 2.98. The van der Waals surface area contributed by atoms with Crippen LogP contribution in [0, 0.1) is 5.82 Å². The van der Waals surface area contributed by atoms with Crippen LogP contribution in [0.25, 0.3) is 0 Å². The zero-order chi connectivity index (χ0) is 11.5. The van der Waals surface area contributed by atoms with E-state index >= 15 is 0 Å². The molecule has 0 bridgehead atoms. The first-order valence-corrected chi connectivity index (χ1v) is 5.64. The Bertz CT molecular complexity index is 464. The van der Waals surface area contributed by atoms with Crippen molar-refractivity contribution >= 4 is 11.3 Å². The van der Waals surface area contributed by atoms with Gasteiger partial charge in [-0.05, 0) is 23.8 Å². The summed E-state index contributed by atoms with van der Waals surface area (Å²) in [4.78, 5) is 0.781. The fourth-order valence-corrected chi connectivity index (χ4v) is 2.26. The van der Waals surface area contributed by atoms with Crippen LogP contribution in [-0.4, -0.2) is 12.2 Å². The van der Waals surface area contributed by atoms with E-state index in [1.54, 1.807) is 25.3 Å². The van der Waals surface area contributed by atoms with Gasteiger partial charge in [0.25, 0.3) is 0 Å². The maximum absolute atomic E-state index is 12.7. The second kappa shape index (κ2) is 4.63. The van der Waals surface area contributed by atoms with E-state index in [0.29, 0.717) is 5.56 Å². The summed E-state index contributed by atoms with van der Waals surface area (Å²) < 4.78 is 17.8. The van der Waals surface area contributed by atoms with Crippen LogP contribution in [0.15, 0.2) is 35.7 Å². The molecule has 1 atom stereocenters. The summed E-state index contributed by atoms with van der Waals surface area (Å²) in [6.07, 6.45) is -0.727. The highest BCUT2D eigenvalue weighted by Crippen LogP contribution is 2.30. The van der Waals surface area contributed by atoms with Gasteiger partial charge >= 0.3 is 0 Å². The lowest BCUT2D eigenvalue weighted by molar-refractivity contribution is 0.223. The van der Waals surface area contributed by atoms with Gasteiger partial charge in [0, 0.05) is 10.3 Å². The summed E-state index contributed by atoms with van der Waals surface area (Å²) in [7, 11) is 1.58. The number of thiophene rings is 1. The Kier molecular flexibility index (Phi) is 3.22. The van der Waals surface area contributed by atoms with E-state index < -0.39 is 6.10 Å². The van der Waals surface area contributed by atoms with Crippen molar-refractivity contribution in [2.75, 3.05) is 7.11 Å². The van der Waals surface area contributed by atoms with Crippen molar-refractivity contribution in [3.63, 3.8) is 0 Å². The van der Waals surface area contributed by atoms with Crippen LogP contribution in [0.5, 0.6) is 5.75 Å². The number of halogens is 1. The van der Waals surface area contributed by atoms with E-state index in [-0.39, 0.29) is 5.82 Å². The summed E-state index contributed by atoms with van der Waals surface area (Å²) in [5.41, 5.74) is 0.672. The molecule has 84 valence electrons. The molecule has 2 aromatic rings. The molecular formula is C12H11FO2S. The lowest BCUT2D eigenvalue weighted by Crippen LogP contribution is -1.96. The van der Waals surface area contributed by atoms with E-state index in [1.165, 1.54) is 23.5 Å². The zero-order valence-electron chi connectivity index (χ0n) is 8.68. The van der Waals surface area contributed by atoms with Crippen LogP contribution in [0.2, 0.25) is 0 Å². The number of hydrogen-bond donors (Lipinski definition) is 1. The molecule has 0 fully saturated rings. The summed E-state index contributed by atoms with van der Waals surface area (Å²) in [6.45, 7) is 0. The number of rotatable bonds is 3. The van der Waals surface area contributed by atoms with Gasteiger partial charge in [-0.1, -0.05) is 12.1 Å². The van der Waals surface area contributed by atoms with Crippen molar-refractivity contribution < 1.29 is 14.2 Å². The van der Waals surface area contributed by atoms with Gasteiger partial charge < -0.3 is 9.84 Å². The van der Waals surface area contributed by atoms with E-state index in [1.807, 2.05) is 5.38 Å². The molecule has 2 nitrogen and oxygen atoms in total. The SMILES string of the molecule is COc1csc(C(O)c2ccc(F)cc2)c1. The van der Waals surface area contributed by atoms with Crippen LogP contribution in [0.1, 0.15) is 16.5 Å². The van der Waals surface area contributed by atoms with Crippen LogP contribution < -0.4 is 4.74 Å². The molecule has 4 heteroatoms. The monoisotopic (exact) mass is 238 g/mol. The summed E-state index contributed by atoms with van der Waals surface area (Å²) >= 11 is 1.41. The minimum Gasteiger partial charge on any atom is -0.496 e. The average Bonchev–Trinajstić information content (AvgIpc) is 2.77. The average molecular weight is 238 g/mol. The van der Waals surface area contributed by atoms with Crippen molar-refractivity contribution in [3.05, 3.63) is 52.0 Å². The Balaban J connectivity index is 2.24. The quantitative estimate of drug-likeness (QED) is 0.890. The molecule has 0 radical (unpaired) electrons. The van der Waals surface area contributed by atoms with Crippen molar-refractivity contribution in [2.24, 2.45) is 0 Å². The Morgan fingerprint density at radius 3 is 2.56 bits per heavy atom. The van der Waals surface area contributed by atoms with Gasteiger partial charge in [-0.2, -0.15) is 0 Å². The van der Waals surface area contributed by atoms with Crippen LogP contribution >= 0.6 is 11.3 Å². The van der Waals surface area contributed by atoms with E-state index in [0.717, 1.165) is 10.6 Å². The highest BCUT2D eigenvalue weighted by molar-refractivity contribution is 7.10. The fraction of sp³-hybridized carbons (Fsp3) is 0.167. The molecule has 0 aliphatic rings. The molecule has 1 unspecified atom stereocenters. The molecule has 1 aromatic carbocycles. The van der Waals surface area contributed by atoms with Gasteiger partial charge in [0.05, 0.1) is 7.11 Å². The second-order valence-electron chi connectivity index (χ2n) is 3.34. The lowest BCUT2D eigenvalue weighted by Gasteiger charge is -2.08. The first-order chi connectivity index (χ1) is 7.70. The maximum Gasteiger partial charge on any atom is 0.129 e. The third kappa shape index (κ3) is 2.23. The molecule has 0 aliphatic carbocycles. The molecule has 2 rings (SSSR count). The summed E-state index contributed by atoms with van der Waals surface area (Å²) in [6, 6.07) is 7.60. The molecule has 16 heavy (non-hydrogen) atoms. The van der Waals surface area contributed by atoms with Gasteiger partial charge in [-0.3, -0.25) is 0 Å². The molecule has 1 aromatic heterocycles. The van der Waals surface area contributed by atoms with E-state index in [4.69, 9.17) is 4.74 Å². The minimum atomic E-state index is -0.727. The Morgan fingerprint density at radius 2 is 2.00 bits per heavy atom. The molecular weight excluding hydrogens is 227 g/mol. The molecule has 0 aliphatic heterocycles. The van der Waals surface area contributed by atoms with Crippen LogP contribution in [0.3, 0.4) is 0 Å². The number of benzene rings is 1. The van der Waals surface area contributed by atoms with Crippen molar-refractivity contribution in [1.82, 2.24) is 0 Å². The fourth-order valence-electron chi connectivity index (χ4n) is 1.39. The van der Waals surface area contributed by atoms with Gasteiger partial charge in [-0.15, -0.1) is 11.3 Å². The van der Waals surface area contributed by atoms with Crippen molar-refractivity contribution in [3.8, 4) is 5.75 Å². The lowest BCUT2D eigenvalue weighted by atomic mass is 10.1. The minimum absolute atomic E-state index is 0.306. The van der Waals surface area contributed by atoms with Gasteiger partial charge in [0.15, 0.2) is 0 Å². The third-order valence-corrected chi connectivity index (χ3v) is 3.25. The molecule has 0 amide bonds. The maximum atomic E-state index is 12.7. The Labute approximate surface area is 96.9 Å². The third-order valence-electron chi connectivity index (χ3n) is 2.29. The second-order valence-corrected chi connectivity index (χ2v) is 4.29. The standard InChI is InChI=1S/C12H11FO2S/c1-15-10-6-11(16-7-10)12(14)8-2-4-9(13)5-3-8/h2-7,12,14H,1H3. The number of methoxy groups -OCH3 is 1. The van der Waals surface area contributed by atoms with Crippen LogP contribution in [-0.2, 0) is 0 Å². The first kappa shape index (κ1) is 11.1. The first-order valence-electron chi connectivity index (χ1n) is 4.76. The molecule has 0 spiro atoms. The van der Waals surface area contributed by atoms with Crippen LogP contribution in [0.4, 0.5) is 4.39 Å².